The molecule has 0 aromatic rings. The topological polar surface area (TPSA) is 354 Å². The fourth-order valence-electron chi connectivity index (χ4n) is 4.22. The van der Waals surface area contributed by atoms with Crippen LogP contribution < -0.4 is 0 Å². The fourth-order valence-corrected chi connectivity index (χ4v) is 4.22. The van der Waals surface area contributed by atoms with Crippen molar-refractivity contribution in [3.8, 4) is 0 Å². The van der Waals surface area contributed by atoms with E-state index in [1.807, 2.05) is 0 Å². The van der Waals surface area contributed by atoms with Crippen LogP contribution in [-0.4, -0.2) is 150 Å². The van der Waals surface area contributed by atoms with E-state index in [9.17, 15) is 28.8 Å². The molecule has 0 atom stereocenters. The minimum atomic E-state index is -1.16. The molecule has 0 amide bonds. The van der Waals surface area contributed by atoms with E-state index in [0.717, 1.165) is 116 Å². The molecule has 0 saturated carbocycles. The maximum absolute atomic E-state index is 9.87. The Balaban J connectivity index is -0.000000124. The molecule has 0 aliphatic carbocycles. The molecule has 0 radical (unpaired) electrons. The van der Waals surface area contributed by atoms with Gasteiger partial charge in [-0.3, -0.25) is 28.8 Å². The van der Waals surface area contributed by atoms with Crippen LogP contribution in [0.1, 0.15) is 196 Å². The summed E-state index contributed by atoms with van der Waals surface area (Å²) in [5, 5.41) is 103. The van der Waals surface area contributed by atoms with Crippen molar-refractivity contribution in [1.29, 1.82) is 0 Å². The van der Waals surface area contributed by atoms with Crippen LogP contribution in [0.2, 0.25) is 0 Å². The summed E-state index contributed by atoms with van der Waals surface area (Å²) in [6.07, 6.45) is 19.7. The zero-order chi connectivity index (χ0) is 51.8. The third kappa shape index (κ3) is 75.2. The summed E-state index contributed by atoms with van der Waals surface area (Å²) in [6, 6.07) is 0. The number of carbonyl (C=O) groups is 6. The van der Waals surface area contributed by atoms with Gasteiger partial charge in [0.25, 0.3) is 0 Å². The highest BCUT2D eigenvalue weighted by Crippen LogP contribution is 2.20. The van der Waals surface area contributed by atoms with E-state index in [-0.39, 0.29) is 13.2 Å². The Hall–Kier alpha value is -3.46. The highest BCUT2D eigenvalue weighted by molar-refractivity contribution is 5.68. The van der Waals surface area contributed by atoms with Gasteiger partial charge in [-0.2, -0.15) is 0 Å². The lowest BCUT2D eigenvalue weighted by Gasteiger charge is -2.31. The smallest absolute Gasteiger partial charge is 0.303 e. The zero-order valence-electron chi connectivity index (χ0n) is 40.9. The third-order valence-corrected chi connectivity index (χ3v) is 8.79. The number of aliphatic hydroxyl groups is 6. The van der Waals surface area contributed by atoms with Crippen LogP contribution in [-0.2, 0) is 33.5 Å². The lowest BCUT2D eigenvalue weighted by atomic mass is 9.91. The number of carboxylic acids is 6. The van der Waals surface area contributed by atoms with E-state index >= 15 is 0 Å². The average molecular weight is 951 g/mol. The van der Waals surface area contributed by atoms with Crippen molar-refractivity contribution in [3.05, 3.63) is 0 Å². The molecule has 0 saturated heterocycles. The van der Waals surface area contributed by atoms with E-state index in [0.29, 0.717) is 38.5 Å². The number of aliphatic carboxylic acids is 6. The van der Waals surface area contributed by atoms with E-state index < -0.39 is 86.3 Å². The van der Waals surface area contributed by atoms with Gasteiger partial charge in [0.2, 0.25) is 0 Å². The largest absolute Gasteiger partial charge is 0.481 e. The minimum absolute atomic E-state index is 0.141. The first-order valence-electron chi connectivity index (χ1n) is 23.2. The quantitative estimate of drug-likeness (QED) is 0.0294. The van der Waals surface area contributed by atoms with Gasteiger partial charge in [0.15, 0.2) is 0 Å². The summed E-state index contributed by atoms with van der Waals surface area (Å²) in [5.41, 5.74) is -2.32. The molecule has 65 heavy (non-hydrogen) atoms. The summed E-state index contributed by atoms with van der Waals surface area (Å²) in [7, 11) is 0. The maximum atomic E-state index is 9.87. The Labute approximate surface area is 389 Å². The number of hydrogen-bond donors (Lipinski definition) is 12. The third-order valence-electron chi connectivity index (χ3n) is 8.79. The number of aliphatic hydroxyl groups excluding tert-OH is 6. The summed E-state index contributed by atoms with van der Waals surface area (Å²) in [5.74, 6) is -4.09. The number of rotatable bonds is 34. The van der Waals surface area contributed by atoms with E-state index in [1.54, 1.807) is 0 Å². The Morgan fingerprint density at radius 2 is 0.431 bits per heavy atom. The van der Waals surface area contributed by atoms with Crippen LogP contribution in [0.15, 0.2) is 0 Å². The number of hydrogen-bond acceptors (Lipinski definition) is 13. The second-order valence-electron chi connectivity index (χ2n) is 15.5. The molecule has 0 fully saturated rings. The van der Waals surface area contributed by atoms with Crippen LogP contribution in [0, 0.1) is 10.8 Å². The molecule has 12 N–H and O–H groups in total. The van der Waals surface area contributed by atoms with E-state index in [1.165, 1.54) is 0 Å². The van der Waals surface area contributed by atoms with Crippen molar-refractivity contribution in [1.82, 2.24) is 0 Å². The molecule has 0 spiro atoms. The fraction of sp³-hybridized carbons (Fsp3) is 0.870. The molecule has 0 rings (SSSR count). The van der Waals surface area contributed by atoms with E-state index in [4.69, 9.17) is 66.0 Å². The zero-order valence-corrected chi connectivity index (χ0v) is 40.9. The molecule has 19 heteroatoms. The first-order chi connectivity index (χ1) is 30.7. The van der Waals surface area contributed by atoms with Crippen molar-refractivity contribution in [2.75, 3.05) is 52.9 Å². The first-order valence-corrected chi connectivity index (χ1v) is 23.2. The Morgan fingerprint density at radius 3 is 0.523 bits per heavy atom. The molecule has 0 aromatic carbocycles. The van der Waals surface area contributed by atoms with Gasteiger partial charge in [-0.1, -0.05) is 119 Å². The van der Waals surface area contributed by atoms with Gasteiger partial charge in [-0.25, -0.2) is 0 Å². The SMILES string of the molecule is CCCCCC(=O)O.CCCCCC(=O)O.CCCCCC(=O)O.CCCCCC(=O)O.CCCCCC(=O)O.CCCCCC(=O)O.OCC(CO)(CO)COCC(CO)(CO)CO. The second-order valence-corrected chi connectivity index (χ2v) is 15.5. The molecular formula is C46H94O19. The number of unbranched alkanes of at least 4 members (excludes halogenated alkanes) is 12. The lowest BCUT2D eigenvalue weighted by Crippen LogP contribution is -2.43. The Morgan fingerprint density at radius 1 is 0.292 bits per heavy atom. The summed E-state index contributed by atoms with van der Waals surface area (Å²) in [4.78, 5) is 59.2. The van der Waals surface area contributed by atoms with Gasteiger partial charge in [-0.05, 0) is 38.5 Å². The van der Waals surface area contributed by atoms with Gasteiger partial charge < -0.3 is 66.0 Å². The van der Waals surface area contributed by atoms with Crippen molar-refractivity contribution in [3.63, 3.8) is 0 Å². The maximum Gasteiger partial charge on any atom is 0.303 e. The lowest BCUT2D eigenvalue weighted by molar-refractivity contribution is -0.138. The summed E-state index contributed by atoms with van der Waals surface area (Å²) >= 11 is 0. The van der Waals surface area contributed by atoms with E-state index in [2.05, 4.69) is 41.5 Å². The van der Waals surface area contributed by atoms with Gasteiger partial charge in [0.1, 0.15) is 0 Å². The molecule has 0 aromatic heterocycles. The second kappa shape index (κ2) is 60.5. The summed E-state index contributed by atoms with van der Waals surface area (Å²) in [6.45, 7) is 9.34. The molecule has 0 bridgehead atoms. The van der Waals surface area contributed by atoms with Crippen LogP contribution >= 0.6 is 0 Å². The molecule has 19 nitrogen and oxygen atoms in total. The van der Waals surface area contributed by atoms with Crippen LogP contribution in [0.4, 0.5) is 0 Å². The number of ether oxygens (including phenoxy) is 1. The van der Waals surface area contributed by atoms with Crippen LogP contribution in [0.5, 0.6) is 0 Å². The first kappa shape index (κ1) is 75.8. The Bertz CT molecular complexity index is 856. The van der Waals surface area contributed by atoms with Crippen LogP contribution in [0.3, 0.4) is 0 Å². The predicted molar refractivity (Wildman–Crippen MR) is 249 cm³/mol. The van der Waals surface area contributed by atoms with Crippen molar-refractivity contribution < 1.29 is 94.8 Å². The molecular weight excluding hydrogens is 856 g/mol. The number of carboxylic acid groups (broad SMARTS) is 6. The molecule has 0 unspecified atom stereocenters. The predicted octanol–water partition coefficient (Wildman–Crippen LogP) is 6.84. The molecule has 0 aliphatic heterocycles. The average Bonchev–Trinajstić information content (AvgIpc) is 3.26. The van der Waals surface area contributed by atoms with Crippen molar-refractivity contribution in [2.45, 2.75) is 196 Å². The Kier molecular flexibility index (Phi) is 70.6. The standard InChI is InChI=1S/C10H22O7.6C6H12O2/c11-1-9(2-12,3-13)7-17-8-10(4-14,5-15)6-16;6*1-2-3-4-5-6(7)8/h11-16H,1-8H2;6*2-5H2,1H3,(H,7,8). The minimum Gasteiger partial charge on any atom is -0.481 e. The highest BCUT2D eigenvalue weighted by atomic mass is 16.5. The molecule has 0 aliphatic rings. The van der Waals surface area contributed by atoms with Gasteiger partial charge in [0, 0.05) is 38.5 Å². The molecule has 392 valence electrons. The van der Waals surface area contributed by atoms with Crippen molar-refractivity contribution in [2.24, 2.45) is 10.8 Å². The van der Waals surface area contributed by atoms with Gasteiger partial charge in [0.05, 0.1) is 63.7 Å². The van der Waals surface area contributed by atoms with Crippen molar-refractivity contribution >= 4 is 35.8 Å². The summed E-state index contributed by atoms with van der Waals surface area (Å²) < 4.78 is 5.15. The monoisotopic (exact) mass is 951 g/mol. The molecule has 0 heterocycles. The highest BCUT2D eigenvalue weighted by Gasteiger charge is 2.32. The van der Waals surface area contributed by atoms with Gasteiger partial charge >= 0.3 is 35.8 Å². The van der Waals surface area contributed by atoms with Gasteiger partial charge in [-0.15, -0.1) is 0 Å². The van der Waals surface area contributed by atoms with Crippen LogP contribution in [0.25, 0.3) is 0 Å². The normalized spacial score (nSPS) is 10.2.